The second kappa shape index (κ2) is 3.00. The lowest BCUT2D eigenvalue weighted by atomic mass is 10.2. The van der Waals surface area contributed by atoms with Crippen LogP contribution >= 0.6 is 11.3 Å². The third-order valence-corrected chi connectivity index (χ3v) is 4.07. The number of nitrogens with zero attached hydrogens (tertiary/aromatic N) is 2. The van der Waals surface area contributed by atoms with Crippen molar-refractivity contribution in [2.45, 2.75) is 13.8 Å². The van der Waals surface area contributed by atoms with E-state index in [1.54, 1.807) is 11.3 Å². The van der Waals surface area contributed by atoms with Gasteiger partial charge in [-0.15, -0.1) is 11.3 Å². The van der Waals surface area contributed by atoms with Crippen LogP contribution in [-0.2, 0) is 0 Å². The van der Waals surface area contributed by atoms with Crippen LogP contribution < -0.4 is 0 Å². The molecule has 0 aliphatic rings. The molecular formula is C12H10N2S. The van der Waals surface area contributed by atoms with Gasteiger partial charge in [0, 0.05) is 12.4 Å². The van der Waals surface area contributed by atoms with Crippen LogP contribution in [0.15, 0.2) is 24.5 Å². The molecule has 0 aliphatic carbocycles. The zero-order valence-electron chi connectivity index (χ0n) is 8.61. The Bertz CT molecular complexity index is 599. The molecule has 3 aromatic rings. The Labute approximate surface area is 91.6 Å². The summed E-state index contributed by atoms with van der Waals surface area (Å²) in [6.45, 7) is 4.24. The molecule has 0 saturated heterocycles. The van der Waals surface area contributed by atoms with E-state index in [-0.39, 0.29) is 0 Å². The van der Waals surface area contributed by atoms with Crippen molar-refractivity contribution in [3.63, 3.8) is 0 Å². The van der Waals surface area contributed by atoms with E-state index in [0.29, 0.717) is 0 Å². The molecule has 3 aromatic heterocycles. The molecule has 0 radical (unpaired) electrons. The third-order valence-electron chi connectivity index (χ3n) is 2.63. The Morgan fingerprint density at radius 1 is 0.867 bits per heavy atom. The lowest BCUT2D eigenvalue weighted by molar-refractivity contribution is 1.35. The molecule has 3 heterocycles. The van der Waals surface area contributed by atoms with Crippen LogP contribution in [0.25, 0.3) is 20.4 Å². The maximum Gasteiger partial charge on any atom is 0.108 e. The van der Waals surface area contributed by atoms with Gasteiger partial charge in [0.05, 0.1) is 9.40 Å². The lowest BCUT2D eigenvalue weighted by Crippen LogP contribution is -1.79. The Balaban J connectivity index is 2.63. The molecule has 0 fully saturated rings. The molecule has 0 aromatic carbocycles. The molecule has 0 unspecified atom stereocenters. The van der Waals surface area contributed by atoms with Crippen molar-refractivity contribution in [3.05, 3.63) is 35.7 Å². The molecule has 2 nitrogen and oxygen atoms in total. The lowest BCUT2D eigenvalue weighted by Gasteiger charge is -1.93. The van der Waals surface area contributed by atoms with Crippen LogP contribution in [0.1, 0.15) is 11.1 Å². The Kier molecular flexibility index (Phi) is 1.76. The first-order valence-electron chi connectivity index (χ1n) is 4.87. The summed E-state index contributed by atoms with van der Waals surface area (Å²) in [7, 11) is 0. The van der Waals surface area contributed by atoms with E-state index in [2.05, 4.69) is 23.8 Å². The van der Waals surface area contributed by atoms with Gasteiger partial charge < -0.3 is 0 Å². The van der Waals surface area contributed by atoms with Crippen LogP contribution in [0.2, 0.25) is 0 Å². The molecule has 0 N–H and O–H groups in total. The first-order valence-corrected chi connectivity index (χ1v) is 5.68. The predicted molar refractivity (Wildman–Crippen MR) is 64.4 cm³/mol. The number of fused-ring (bicyclic) bond motifs is 3. The van der Waals surface area contributed by atoms with E-state index < -0.39 is 0 Å². The van der Waals surface area contributed by atoms with Gasteiger partial charge >= 0.3 is 0 Å². The number of hydrogen-bond donors (Lipinski definition) is 0. The minimum Gasteiger partial charge on any atom is -0.253 e. The van der Waals surface area contributed by atoms with E-state index in [1.165, 1.54) is 20.5 Å². The minimum atomic E-state index is 1.04. The van der Waals surface area contributed by atoms with Crippen LogP contribution in [-0.4, -0.2) is 9.97 Å². The third kappa shape index (κ3) is 1.16. The van der Waals surface area contributed by atoms with Gasteiger partial charge in [-0.3, -0.25) is 9.97 Å². The van der Waals surface area contributed by atoms with Gasteiger partial charge in [-0.1, -0.05) is 0 Å². The highest BCUT2D eigenvalue weighted by Gasteiger charge is 2.09. The number of hydrogen-bond acceptors (Lipinski definition) is 3. The zero-order valence-corrected chi connectivity index (χ0v) is 9.43. The number of thiophene rings is 1. The molecule has 74 valence electrons. The van der Waals surface area contributed by atoms with Crippen molar-refractivity contribution >= 4 is 31.8 Å². The first-order chi connectivity index (χ1) is 7.27. The van der Waals surface area contributed by atoms with Gasteiger partial charge in [0.1, 0.15) is 11.0 Å². The topological polar surface area (TPSA) is 25.8 Å². The quantitative estimate of drug-likeness (QED) is 0.572. The molecule has 0 atom stereocenters. The zero-order chi connectivity index (χ0) is 10.4. The highest BCUT2D eigenvalue weighted by Crippen LogP contribution is 2.34. The fourth-order valence-corrected chi connectivity index (χ4v) is 2.94. The molecule has 0 bridgehead atoms. The van der Waals surface area contributed by atoms with E-state index >= 15 is 0 Å². The summed E-state index contributed by atoms with van der Waals surface area (Å²) < 4.78 is 2.52. The maximum atomic E-state index is 4.42. The number of aryl methyl sites for hydroxylation is 2. The van der Waals surface area contributed by atoms with Crippen molar-refractivity contribution < 1.29 is 0 Å². The normalized spacial score (nSPS) is 11.3. The van der Waals surface area contributed by atoms with Gasteiger partial charge in [0.15, 0.2) is 0 Å². The van der Waals surface area contributed by atoms with Gasteiger partial charge in [0.2, 0.25) is 0 Å². The Hall–Kier alpha value is -1.48. The van der Waals surface area contributed by atoms with Crippen molar-refractivity contribution in [3.8, 4) is 0 Å². The predicted octanol–water partition coefficient (Wildman–Crippen LogP) is 3.46. The molecule has 0 amide bonds. The first kappa shape index (κ1) is 8.80. The van der Waals surface area contributed by atoms with Crippen LogP contribution in [0, 0.1) is 13.8 Å². The summed E-state index contributed by atoms with van der Waals surface area (Å²) in [6.07, 6.45) is 3.71. The van der Waals surface area contributed by atoms with Gasteiger partial charge in [-0.05, 0) is 37.1 Å². The Morgan fingerprint density at radius 3 is 1.80 bits per heavy atom. The van der Waals surface area contributed by atoms with E-state index in [0.717, 1.165) is 11.0 Å². The SMILES string of the molecule is Cc1ccnc2c1sc1c(C)ccnc12. The second-order valence-corrected chi connectivity index (χ2v) is 4.73. The van der Waals surface area contributed by atoms with Crippen molar-refractivity contribution in [2.24, 2.45) is 0 Å². The Morgan fingerprint density at radius 2 is 1.33 bits per heavy atom. The van der Waals surface area contributed by atoms with Crippen molar-refractivity contribution in [2.75, 3.05) is 0 Å². The largest absolute Gasteiger partial charge is 0.253 e. The van der Waals surface area contributed by atoms with Crippen LogP contribution in [0.4, 0.5) is 0 Å². The summed E-state index contributed by atoms with van der Waals surface area (Å²) >= 11 is 1.79. The minimum absolute atomic E-state index is 1.04. The van der Waals surface area contributed by atoms with Crippen molar-refractivity contribution in [1.29, 1.82) is 0 Å². The van der Waals surface area contributed by atoms with E-state index in [4.69, 9.17) is 0 Å². The molecule has 3 heteroatoms. The average molecular weight is 214 g/mol. The fourth-order valence-electron chi connectivity index (χ4n) is 1.79. The van der Waals surface area contributed by atoms with Crippen molar-refractivity contribution in [1.82, 2.24) is 9.97 Å². The summed E-state index contributed by atoms with van der Waals surface area (Å²) in [5, 5.41) is 0. The molecule has 0 aliphatic heterocycles. The van der Waals surface area contributed by atoms with E-state index in [1.807, 2.05) is 24.5 Å². The van der Waals surface area contributed by atoms with Gasteiger partial charge in [-0.25, -0.2) is 0 Å². The molecule has 0 spiro atoms. The molecule has 0 saturated carbocycles. The average Bonchev–Trinajstić information content (AvgIpc) is 2.60. The molecular weight excluding hydrogens is 204 g/mol. The fraction of sp³-hybridized carbons (Fsp3) is 0.167. The monoisotopic (exact) mass is 214 g/mol. The standard InChI is InChI=1S/C12H10N2S/c1-7-3-5-13-9-10-12(15-11(7)9)8(2)4-6-14-10/h3-6H,1-2H3. The molecule has 15 heavy (non-hydrogen) atoms. The number of aromatic nitrogens is 2. The maximum absolute atomic E-state index is 4.42. The highest BCUT2D eigenvalue weighted by atomic mass is 32.1. The van der Waals surface area contributed by atoms with E-state index in [9.17, 15) is 0 Å². The van der Waals surface area contributed by atoms with Crippen LogP contribution in [0.5, 0.6) is 0 Å². The highest BCUT2D eigenvalue weighted by molar-refractivity contribution is 7.26. The molecule has 3 rings (SSSR count). The second-order valence-electron chi connectivity index (χ2n) is 3.71. The summed E-state index contributed by atoms with van der Waals surface area (Å²) in [5.41, 5.74) is 4.64. The smallest absolute Gasteiger partial charge is 0.108 e. The number of pyridine rings is 2. The van der Waals surface area contributed by atoms with Crippen LogP contribution in [0.3, 0.4) is 0 Å². The summed E-state index contributed by atoms with van der Waals surface area (Å²) in [5.74, 6) is 0. The van der Waals surface area contributed by atoms with Gasteiger partial charge in [0.25, 0.3) is 0 Å². The summed E-state index contributed by atoms with van der Waals surface area (Å²) in [4.78, 5) is 8.84. The summed E-state index contributed by atoms with van der Waals surface area (Å²) in [6, 6.07) is 4.10. The van der Waals surface area contributed by atoms with Gasteiger partial charge in [-0.2, -0.15) is 0 Å². The number of rotatable bonds is 0.